The number of cyclic esters (lactones) is 1. The lowest BCUT2D eigenvalue weighted by molar-refractivity contribution is -0.144. The molecule has 0 bridgehead atoms. The average molecular weight is 253 g/mol. The van der Waals surface area contributed by atoms with Crippen LogP contribution >= 0.6 is 0 Å². The van der Waals surface area contributed by atoms with Crippen LogP contribution in [0, 0.1) is 23.7 Å². The second kappa shape index (κ2) is 5.72. The van der Waals surface area contributed by atoms with Crippen LogP contribution in [0.2, 0.25) is 0 Å². The number of carbonyl (C=O) groups excluding carboxylic acids is 2. The fourth-order valence-electron chi connectivity index (χ4n) is 4.07. The van der Waals surface area contributed by atoms with Gasteiger partial charge in [-0.25, -0.2) is 0 Å². The van der Waals surface area contributed by atoms with E-state index in [1.54, 1.807) is 0 Å². The van der Waals surface area contributed by atoms with Crippen LogP contribution in [0.5, 0.6) is 0 Å². The molecule has 0 aromatic carbocycles. The summed E-state index contributed by atoms with van der Waals surface area (Å²) < 4.78 is 5.38. The first-order valence-electron chi connectivity index (χ1n) is 7.03. The molecule has 1 amide bonds. The average Bonchev–Trinajstić information content (AvgIpc) is 2.63. The molecular weight excluding hydrogens is 230 g/mol. The Morgan fingerprint density at radius 2 is 1.78 bits per heavy atom. The van der Waals surface area contributed by atoms with E-state index in [4.69, 9.17) is 9.53 Å². The summed E-state index contributed by atoms with van der Waals surface area (Å²) in [5.74, 6) is 2.61. The van der Waals surface area contributed by atoms with Crippen molar-refractivity contribution in [2.45, 2.75) is 51.6 Å². The number of rotatable bonds is 0. The van der Waals surface area contributed by atoms with Gasteiger partial charge in [-0.2, -0.15) is 0 Å². The molecule has 3 aliphatic rings. The minimum absolute atomic E-state index is 0.0940. The molecule has 5 unspecified atom stereocenters. The van der Waals surface area contributed by atoms with Crippen molar-refractivity contribution in [3.05, 3.63) is 0 Å². The van der Waals surface area contributed by atoms with Crippen molar-refractivity contribution in [2.75, 3.05) is 0 Å². The fourth-order valence-corrected chi connectivity index (χ4v) is 4.07. The predicted octanol–water partition coefficient (Wildman–Crippen LogP) is 1.87. The molecule has 5 atom stereocenters. The Balaban J connectivity index is 0.000000367. The zero-order chi connectivity index (χ0) is 13.1. The van der Waals surface area contributed by atoms with Crippen molar-refractivity contribution in [1.82, 2.24) is 0 Å². The largest absolute Gasteiger partial charge is 0.462 e. The quantitative estimate of drug-likeness (QED) is 0.529. The minimum Gasteiger partial charge on any atom is -0.462 e. The van der Waals surface area contributed by atoms with E-state index in [1.165, 1.54) is 32.1 Å². The predicted molar refractivity (Wildman–Crippen MR) is 67.5 cm³/mol. The molecular formula is C14H23NO3. The Hall–Kier alpha value is -1.06. The first-order chi connectivity index (χ1) is 8.67. The van der Waals surface area contributed by atoms with Crippen molar-refractivity contribution in [3.8, 4) is 0 Å². The van der Waals surface area contributed by atoms with Gasteiger partial charge in [-0.05, 0) is 31.6 Å². The first kappa shape index (κ1) is 13.4. The Morgan fingerprint density at radius 1 is 1.22 bits per heavy atom. The molecule has 0 spiro atoms. The third kappa shape index (κ3) is 2.52. The normalized spacial score (nSPS) is 41.8. The van der Waals surface area contributed by atoms with Crippen LogP contribution in [0.25, 0.3) is 0 Å². The zero-order valence-corrected chi connectivity index (χ0v) is 11.0. The summed E-state index contributed by atoms with van der Waals surface area (Å²) in [5.41, 5.74) is 4.17. The van der Waals surface area contributed by atoms with E-state index < -0.39 is 0 Å². The zero-order valence-electron chi connectivity index (χ0n) is 11.0. The molecule has 1 heterocycles. The summed E-state index contributed by atoms with van der Waals surface area (Å²) in [4.78, 5) is 20.3. The van der Waals surface area contributed by atoms with Crippen LogP contribution in [-0.4, -0.2) is 18.5 Å². The van der Waals surface area contributed by atoms with E-state index in [0.717, 1.165) is 18.3 Å². The SMILES string of the molecule is CC1OC(=O)C2CC3CCCCC3CC12.NC=O. The van der Waals surface area contributed by atoms with Gasteiger partial charge in [0.2, 0.25) is 6.41 Å². The Bertz CT molecular complexity index is 318. The molecule has 2 N–H and O–H groups in total. The van der Waals surface area contributed by atoms with Crippen molar-refractivity contribution >= 4 is 12.4 Å². The molecule has 2 aliphatic carbocycles. The van der Waals surface area contributed by atoms with Crippen LogP contribution in [0.1, 0.15) is 45.4 Å². The van der Waals surface area contributed by atoms with Gasteiger partial charge >= 0.3 is 5.97 Å². The maximum absolute atomic E-state index is 11.7. The summed E-state index contributed by atoms with van der Waals surface area (Å²) in [7, 11) is 0. The number of fused-ring (bicyclic) bond motifs is 2. The van der Waals surface area contributed by atoms with E-state index in [-0.39, 0.29) is 24.4 Å². The van der Waals surface area contributed by atoms with E-state index in [9.17, 15) is 4.79 Å². The highest BCUT2D eigenvalue weighted by atomic mass is 16.6. The fraction of sp³-hybridized carbons (Fsp3) is 0.857. The molecule has 18 heavy (non-hydrogen) atoms. The Morgan fingerprint density at radius 3 is 2.39 bits per heavy atom. The number of esters is 1. The summed E-state index contributed by atoms with van der Waals surface area (Å²) in [5, 5.41) is 0. The van der Waals surface area contributed by atoms with Crippen LogP contribution < -0.4 is 5.73 Å². The third-order valence-corrected chi connectivity index (χ3v) is 4.92. The van der Waals surface area contributed by atoms with Crippen molar-refractivity contribution in [2.24, 2.45) is 29.4 Å². The lowest BCUT2D eigenvalue weighted by atomic mass is 9.63. The molecule has 3 rings (SSSR count). The number of hydrogen-bond donors (Lipinski definition) is 1. The molecule has 1 aliphatic heterocycles. The Labute approximate surface area is 108 Å². The second-order valence-electron chi connectivity index (χ2n) is 5.82. The van der Waals surface area contributed by atoms with E-state index in [0.29, 0.717) is 5.92 Å². The summed E-state index contributed by atoms with van der Waals surface area (Å²) in [6, 6.07) is 0. The molecule has 3 fully saturated rings. The van der Waals surface area contributed by atoms with Crippen molar-refractivity contribution in [3.63, 3.8) is 0 Å². The van der Waals surface area contributed by atoms with Gasteiger partial charge in [-0.15, -0.1) is 0 Å². The van der Waals surface area contributed by atoms with Crippen molar-refractivity contribution in [1.29, 1.82) is 0 Å². The van der Waals surface area contributed by atoms with Gasteiger partial charge in [0, 0.05) is 5.92 Å². The van der Waals surface area contributed by atoms with Crippen LogP contribution in [-0.2, 0) is 14.3 Å². The second-order valence-corrected chi connectivity index (χ2v) is 5.82. The highest BCUT2D eigenvalue weighted by molar-refractivity contribution is 5.75. The molecule has 2 saturated carbocycles. The molecule has 4 nitrogen and oxygen atoms in total. The summed E-state index contributed by atoms with van der Waals surface area (Å²) >= 11 is 0. The smallest absolute Gasteiger partial charge is 0.309 e. The lowest BCUT2D eigenvalue weighted by Gasteiger charge is -2.40. The van der Waals surface area contributed by atoms with Crippen LogP contribution in [0.3, 0.4) is 0 Å². The topological polar surface area (TPSA) is 69.4 Å². The lowest BCUT2D eigenvalue weighted by Crippen LogP contribution is -2.35. The highest BCUT2D eigenvalue weighted by Crippen LogP contribution is 2.49. The highest BCUT2D eigenvalue weighted by Gasteiger charge is 2.48. The van der Waals surface area contributed by atoms with Gasteiger partial charge in [0.1, 0.15) is 6.10 Å². The third-order valence-electron chi connectivity index (χ3n) is 4.92. The Kier molecular flexibility index (Phi) is 4.25. The number of primary amides is 1. The maximum atomic E-state index is 11.7. The van der Waals surface area contributed by atoms with Gasteiger partial charge < -0.3 is 10.5 Å². The van der Waals surface area contributed by atoms with Crippen LogP contribution in [0.4, 0.5) is 0 Å². The minimum atomic E-state index is 0.0940. The van der Waals surface area contributed by atoms with Gasteiger partial charge in [0.25, 0.3) is 0 Å². The van der Waals surface area contributed by atoms with E-state index in [2.05, 4.69) is 12.7 Å². The van der Waals surface area contributed by atoms with Gasteiger partial charge in [-0.3, -0.25) is 9.59 Å². The maximum Gasteiger partial charge on any atom is 0.309 e. The van der Waals surface area contributed by atoms with Gasteiger partial charge in [0.05, 0.1) is 5.92 Å². The molecule has 1 saturated heterocycles. The molecule has 0 aromatic heterocycles. The number of hydrogen-bond acceptors (Lipinski definition) is 3. The first-order valence-corrected chi connectivity index (χ1v) is 7.03. The molecule has 0 aromatic rings. The van der Waals surface area contributed by atoms with Crippen LogP contribution in [0.15, 0.2) is 0 Å². The number of amides is 1. The summed E-state index contributed by atoms with van der Waals surface area (Å²) in [6.45, 7) is 2.08. The molecule has 4 heteroatoms. The van der Waals surface area contributed by atoms with Gasteiger partial charge in [-0.1, -0.05) is 25.7 Å². The molecule has 0 radical (unpaired) electrons. The standard InChI is InChI=1S/C13H20O2.CH3NO/c1-8-11-6-9-4-2-3-5-10(9)7-12(11)13(14)15-8;2-1-3/h8-12H,2-7H2,1H3;1H,(H2,2,3). The van der Waals surface area contributed by atoms with Gasteiger partial charge in [0.15, 0.2) is 0 Å². The number of nitrogens with two attached hydrogens (primary N) is 1. The van der Waals surface area contributed by atoms with E-state index in [1.807, 2.05) is 0 Å². The number of ether oxygens (including phenoxy) is 1. The summed E-state index contributed by atoms with van der Waals surface area (Å²) in [6.07, 6.45) is 8.35. The monoisotopic (exact) mass is 253 g/mol. The van der Waals surface area contributed by atoms with Crippen molar-refractivity contribution < 1.29 is 14.3 Å². The molecule has 102 valence electrons. The van der Waals surface area contributed by atoms with E-state index >= 15 is 0 Å². The number of carbonyl (C=O) groups is 2.